The molecule has 0 saturated carbocycles. The molecule has 5 heteroatoms. The van der Waals surface area contributed by atoms with Crippen LogP contribution in [0.4, 0.5) is 0 Å². The number of para-hydroxylation sites is 1. The Morgan fingerprint density at radius 2 is 1.70 bits per heavy atom. The van der Waals surface area contributed by atoms with Gasteiger partial charge < -0.3 is 19.7 Å². The lowest BCUT2D eigenvalue weighted by atomic mass is 10.2. The zero-order chi connectivity index (χ0) is 16.5. The van der Waals surface area contributed by atoms with Gasteiger partial charge in [-0.25, -0.2) is 4.79 Å². The van der Waals surface area contributed by atoms with Gasteiger partial charge >= 0.3 is 5.97 Å². The minimum absolute atomic E-state index is 0.233. The van der Waals surface area contributed by atoms with Crippen LogP contribution in [0.1, 0.15) is 5.56 Å². The highest BCUT2D eigenvalue weighted by Crippen LogP contribution is 2.21. The van der Waals surface area contributed by atoms with Crippen LogP contribution < -0.4 is 4.74 Å². The van der Waals surface area contributed by atoms with Crippen LogP contribution in [-0.2, 0) is 9.53 Å². The van der Waals surface area contributed by atoms with E-state index in [1.54, 1.807) is 18.2 Å². The average molecular weight is 314 g/mol. The Morgan fingerprint density at radius 3 is 2.35 bits per heavy atom. The first kappa shape index (κ1) is 16.7. The second-order valence-electron chi connectivity index (χ2n) is 4.78. The van der Waals surface area contributed by atoms with E-state index in [0.717, 1.165) is 11.3 Å². The molecular weight excluding hydrogens is 296 g/mol. The molecule has 0 fully saturated rings. The first-order valence-corrected chi connectivity index (χ1v) is 7.14. The van der Waals surface area contributed by atoms with Crippen molar-refractivity contribution in [2.45, 2.75) is 6.10 Å². The van der Waals surface area contributed by atoms with Gasteiger partial charge in [-0.1, -0.05) is 30.3 Å². The molecule has 0 amide bonds. The van der Waals surface area contributed by atoms with E-state index in [-0.39, 0.29) is 6.61 Å². The molecule has 2 N–H and O–H groups in total. The van der Waals surface area contributed by atoms with E-state index in [0.29, 0.717) is 5.75 Å². The summed E-state index contributed by atoms with van der Waals surface area (Å²) in [5.41, 5.74) is 0.810. The number of aliphatic hydroxyl groups excluding tert-OH is 2. The summed E-state index contributed by atoms with van der Waals surface area (Å²) in [4.78, 5) is 11.4. The maximum Gasteiger partial charge on any atom is 0.330 e. The van der Waals surface area contributed by atoms with Crippen LogP contribution in [0, 0.1) is 0 Å². The number of rotatable bonds is 7. The van der Waals surface area contributed by atoms with Crippen molar-refractivity contribution in [2.75, 3.05) is 13.2 Å². The van der Waals surface area contributed by atoms with Crippen molar-refractivity contribution in [3.05, 3.63) is 66.2 Å². The third-order valence-electron chi connectivity index (χ3n) is 2.90. The molecule has 0 aliphatic carbocycles. The lowest BCUT2D eigenvalue weighted by Gasteiger charge is -2.06. The second kappa shape index (κ2) is 8.73. The summed E-state index contributed by atoms with van der Waals surface area (Å²) in [5.74, 6) is 0.867. The summed E-state index contributed by atoms with van der Waals surface area (Å²) in [6.07, 6.45) is 1.80. The molecule has 0 saturated heterocycles. The summed E-state index contributed by atoms with van der Waals surface area (Å²) in [5, 5.41) is 17.7. The summed E-state index contributed by atoms with van der Waals surface area (Å²) in [6.45, 7) is -0.677. The predicted octanol–water partition coefficient (Wildman–Crippen LogP) is 2.39. The van der Waals surface area contributed by atoms with Gasteiger partial charge in [-0.3, -0.25) is 0 Å². The Bertz CT molecular complexity index is 634. The van der Waals surface area contributed by atoms with Crippen molar-refractivity contribution >= 4 is 12.0 Å². The molecule has 5 nitrogen and oxygen atoms in total. The van der Waals surface area contributed by atoms with Gasteiger partial charge in [0.25, 0.3) is 0 Å². The van der Waals surface area contributed by atoms with Crippen molar-refractivity contribution in [2.24, 2.45) is 0 Å². The van der Waals surface area contributed by atoms with Gasteiger partial charge in [0.2, 0.25) is 0 Å². The van der Waals surface area contributed by atoms with Crippen LogP contribution in [-0.4, -0.2) is 35.5 Å². The zero-order valence-electron chi connectivity index (χ0n) is 12.5. The highest BCUT2D eigenvalue weighted by molar-refractivity contribution is 5.87. The molecule has 0 aromatic heterocycles. The van der Waals surface area contributed by atoms with Crippen LogP contribution >= 0.6 is 0 Å². The van der Waals surface area contributed by atoms with E-state index in [4.69, 9.17) is 19.7 Å². The fraction of sp³-hybridized carbons (Fsp3) is 0.167. The molecule has 23 heavy (non-hydrogen) atoms. The maximum absolute atomic E-state index is 11.4. The molecule has 0 aliphatic rings. The Balaban J connectivity index is 1.87. The summed E-state index contributed by atoms with van der Waals surface area (Å²) >= 11 is 0. The standard InChI is InChI=1S/C18H18O5/c19-12-15(20)13-22-18(21)11-8-14-6-9-17(10-7-14)23-16-4-2-1-3-5-16/h1-11,15,19-20H,12-13H2/b11-8+. The third-order valence-corrected chi connectivity index (χ3v) is 2.90. The van der Waals surface area contributed by atoms with Gasteiger partial charge in [-0.2, -0.15) is 0 Å². The Hall–Kier alpha value is -2.63. The lowest BCUT2D eigenvalue weighted by molar-refractivity contribution is -0.141. The molecule has 120 valence electrons. The molecular formula is C18H18O5. The summed E-state index contributed by atoms with van der Waals surface area (Å²) < 4.78 is 10.4. The zero-order valence-corrected chi connectivity index (χ0v) is 12.5. The average Bonchev–Trinajstić information content (AvgIpc) is 2.60. The van der Waals surface area contributed by atoms with Gasteiger partial charge in [0, 0.05) is 6.08 Å². The molecule has 0 spiro atoms. The van der Waals surface area contributed by atoms with E-state index in [9.17, 15) is 4.79 Å². The quantitative estimate of drug-likeness (QED) is 0.606. The van der Waals surface area contributed by atoms with Gasteiger partial charge in [0.05, 0.1) is 6.61 Å². The largest absolute Gasteiger partial charge is 0.460 e. The van der Waals surface area contributed by atoms with E-state index < -0.39 is 18.7 Å². The van der Waals surface area contributed by atoms with E-state index in [1.165, 1.54) is 6.08 Å². The van der Waals surface area contributed by atoms with Crippen LogP contribution in [0.2, 0.25) is 0 Å². The molecule has 1 unspecified atom stereocenters. The van der Waals surface area contributed by atoms with Crippen LogP contribution in [0.5, 0.6) is 11.5 Å². The summed E-state index contributed by atoms with van der Waals surface area (Å²) in [6, 6.07) is 16.7. The Labute approximate surface area is 134 Å². The first-order chi connectivity index (χ1) is 11.2. The van der Waals surface area contributed by atoms with Crippen molar-refractivity contribution in [3.63, 3.8) is 0 Å². The second-order valence-corrected chi connectivity index (χ2v) is 4.78. The smallest absolute Gasteiger partial charge is 0.330 e. The molecule has 0 radical (unpaired) electrons. The number of hydrogen-bond donors (Lipinski definition) is 2. The van der Waals surface area contributed by atoms with Crippen molar-refractivity contribution in [1.82, 2.24) is 0 Å². The van der Waals surface area contributed by atoms with E-state index in [1.807, 2.05) is 42.5 Å². The number of hydrogen-bond acceptors (Lipinski definition) is 5. The number of ether oxygens (including phenoxy) is 2. The number of carbonyl (C=O) groups excluding carboxylic acids is 1. The molecule has 0 heterocycles. The van der Waals surface area contributed by atoms with Gasteiger partial charge in [-0.05, 0) is 35.9 Å². The van der Waals surface area contributed by atoms with Crippen LogP contribution in [0.25, 0.3) is 6.08 Å². The Morgan fingerprint density at radius 1 is 1.04 bits per heavy atom. The van der Waals surface area contributed by atoms with E-state index >= 15 is 0 Å². The van der Waals surface area contributed by atoms with Gasteiger partial charge in [0.1, 0.15) is 24.2 Å². The third kappa shape index (κ3) is 5.94. The SMILES string of the molecule is O=C(/C=C/c1ccc(Oc2ccccc2)cc1)OCC(O)CO. The highest BCUT2D eigenvalue weighted by Gasteiger charge is 2.04. The molecule has 0 aliphatic heterocycles. The monoisotopic (exact) mass is 314 g/mol. The van der Waals surface area contributed by atoms with Crippen molar-refractivity contribution < 1.29 is 24.5 Å². The van der Waals surface area contributed by atoms with Crippen LogP contribution in [0.3, 0.4) is 0 Å². The van der Waals surface area contributed by atoms with Gasteiger partial charge in [0.15, 0.2) is 0 Å². The minimum Gasteiger partial charge on any atom is -0.460 e. The first-order valence-electron chi connectivity index (χ1n) is 7.14. The lowest BCUT2D eigenvalue weighted by Crippen LogP contribution is -2.21. The topological polar surface area (TPSA) is 76.0 Å². The number of esters is 1. The maximum atomic E-state index is 11.4. The summed E-state index contributed by atoms with van der Waals surface area (Å²) in [7, 11) is 0. The predicted molar refractivity (Wildman–Crippen MR) is 86.0 cm³/mol. The Kier molecular flexibility index (Phi) is 6.35. The van der Waals surface area contributed by atoms with Crippen LogP contribution in [0.15, 0.2) is 60.7 Å². The molecule has 1 atom stereocenters. The molecule has 2 aromatic carbocycles. The number of carbonyl (C=O) groups is 1. The minimum atomic E-state index is -1.05. The highest BCUT2D eigenvalue weighted by atomic mass is 16.5. The molecule has 2 rings (SSSR count). The van der Waals surface area contributed by atoms with Crippen molar-refractivity contribution in [3.8, 4) is 11.5 Å². The van der Waals surface area contributed by atoms with Gasteiger partial charge in [-0.15, -0.1) is 0 Å². The fourth-order valence-corrected chi connectivity index (χ4v) is 1.72. The number of benzene rings is 2. The number of aliphatic hydroxyl groups is 2. The van der Waals surface area contributed by atoms with E-state index in [2.05, 4.69) is 0 Å². The molecule has 0 bridgehead atoms. The molecule has 2 aromatic rings. The fourth-order valence-electron chi connectivity index (χ4n) is 1.72. The normalized spacial score (nSPS) is 12.1. The van der Waals surface area contributed by atoms with Crippen molar-refractivity contribution in [1.29, 1.82) is 0 Å².